The number of imidazole rings is 1. The minimum absolute atomic E-state index is 0.0484. The van der Waals surface area contributed by atoms with Gasteiger partial charge in [0.15, 0.2) is 0 Å². The van der Waals surface area contributed by atoms with Gasteiger partial charge in [-0.1, -0.05) is 25.8 Å². The molecule has 0 N–H and O–H groups in total. The second-order valence-electron chi connectivity index (χ2n) is 6.68. The topological polar surface area (TPSA) is 17.8 Å². The van der Waals surface area contributed by atoms with Crippen molar-refractivity contribution in [1.82, 2.24) is 9.55 Å². The predicted molar refractivity (Wildman–Crippen MR) is 85.3 cm³/mol. The average Bonchev–Trinajstić information content (AvgIpc) is 2.94. The van der Waals surface area contributed by atoms with E-state index < -0.39 is 0 Å². The molecule has 0 saturated heterocycles. The van der Waals surface area contributed by atoms with E-state index in [1.807, 2.05) is 6.92 Å². The quantitative estimate of drug-likeness (QED) is 0.708. The number of nitrogens with zero attached hydrogens (tertiary/aromatic N) is 2. The van der Waals surface area contributed by atoms with Crippen molar-refractivity contribution < 1.29 is 0 Å². The van der Waals surface area contributed by atoms with Crippen molar-refractivity contribution in [2.45, 2.75) is 58.4 Å². The molecule has 1 unspecified atom stereocenters. The van der Waals surface area contributed by atoms with Crippen LogP contribution in [0, 0.1) is 12.3 Å². The van der Waals surface area contributed by atoms with Crippen molar-refractivity contribution in [2.75, 3.05) is 0 Å². The van der Waals surface area contributed by atoms with Gasteiger partial charge >= 0.3 is 0 Å². The molecule has 0 radical (unpaired) electrons. The summed E-state index contributed by atoms with van der Waals surface area (Å²) in [4.78, 5) is 4.78. The molecule has 1 aliphatic rings. The van der Waals surface area contributed by atoms with Gasteiger partial charge in [-0.3, -0.25) is 0 Å². The summed E-state index contributed by atoms with van der Waals surface area (Å²) in [7, 11) is 0. The molecule has 0 amide bonds. The summed E-state index contributed by atoms with van der Waals surface area (Å²) >= 11 is 6.37. The number of rotatable bonds is 3. The van der Waals surface area contributed by atoms with Crippen LogP contribution in [0.3, 0.4) is 0 Å². The number of fused-ring (bicyclic) bond motifs is 1. The maximum absolute atomic E-state index is 6.37. The Morgan fingerprint density at radius 2 is 2.05 bits per heavy atom. The van der Waals surface area contributed by atoms with Gasteiger partial charge in [-0.15, -0.1) is 11.6 Å². The Balaban J connectivity index is 2.09. The highest BCUT2D eigenvalue weighted by Crippen LogP contribution is 2.40. The molecular weight excluding hydrogens is 268 g/mol. The zero-order valence-corrected chi connectivity index (χ0v) is 13.4. The van der Waals surface area contributed by atoms with Crippen molar-refractivity contribution in [2.24, 2.45) is 5.41 Å². The van der Waals surface area contributed by atoms with Gasteiger partial charge in [-0.05, 0) is 49.8 Å². The maximum Gasteiger partial charge on any atom is 0.127 e. The molecule has 1 heterocycles. The minimum Gasteiger partial charge on any atom is -0.326 e. The molecule has 1 aromatic heterocycles. The van der Waals surface area contributed by atoms with Crippen molar-refractivity contribution in [1.29, 1.82) is 0 Å². The molecule has 3 rings (SSSR count). The van der Waals surface area contributed by atoms with Crippen LogP contribution in [0.5, 0.6) is 0 Å². The number of hydrogen-bond acceptors (Lipinski definition) is 1. The molecule has 2 nitrogen and oxygen atoms in total. The summed E-state index contributed by atoms with van der Waals surface area (Å²) in [5.41, 5.74) is 3.96. The molecule has 1 saturated carbocycles. The van der Waals surface area contributed by atoms with Crippen molar-refractivity contribution in [3.63, 3.8) is 0 Å². The SMILES string of the molecule is Cc1ccc2c(c1)nc(C(C)Cl)n2CC1(C)CCCC1. The number of halogens is 1. The molecule has 0 aliphatic heterocycles. The van der Waals surface area contributed by atoms with Crippen LogP contribution in [0.1, 0.15) is 56.3 Å². The molecule has 1 atom stereocenters. The molecule has 1 fully saturated rings. The second-order valence-corrected chi connectivity index (χ2v) is 7.34. The van der Waals surface area contributed by atoms with Crippen molar-refractivity contribution in [3.05, 3.63) is 29.6 Å². The number of aromatic nitrogens is 2. The van der Waals surface area contributed by atoms with Gasteiger partial charge in [0, 0.05) is 6.54 Å². The van der Waals surface area contributed by atoms with Gasteiger partial charge in [0.2, 0.25) is 0 Å². The number of alkyl halides is 1. The summed E-state index contributed by atoms with van der Waals surface area (Å²) in [6.45, 7) is 7.57. The third kappa shape index (κ3) is 2.46. The van der Waals surface area contributed by atoms with E-state index in [9.17, 15) is 0 Å². The van der Waals surface area contributed by atoms with E-state index in [1.54, 1.807) is 0 Å². The molecule has 20 heavy (non-hydrogen) atoms. The largest absolute Gasteiger partial charge is 0.326 e. The Labute approximate surface area is 126 Å². The van der Waals surface area contributed by atoms with Crippen LogP contribution < -0.4 is 0 Å². The zero-order chi connectivity index (χ0) is 14.3. The van der Waals surface area contributed by atoms with Crippen molar-refractivity contribution in [3.8, 4) is 0 Å². The molecule has 1 aliphatic carbocycles. The Kier molecular flexibility index (Phi) is 3.53. The van der Waals surface area contributed by atoms with E-state index in [-0.39, 0.29) is 5.38 Å². The Morgan fingerprint density at radius 1 is 1.35 bits per heavy atom. The maximum atomic E-state index is 6.37. The smallest absolute Gasteiger partial charge is 0.127 e. The van der Waals surface area contributed by atoms with Crippen LogP contribution in [0.25, 0.3) is 11.0 Å². The first-order valence-corrected chi connectivity index (χ1v) is 8.03. The van der Waals surface area contributed by atoms with Gasteiger partial charge in [-0.25, -0.2) is 4.98 Å². The van der Waals surface area contributed by atoms with E-state index in [4.69, 9.17) is 16.6 Å². The van der Waals surface area contributed by atoms with Crippen LogP contribution in [0.15, 0.2) is 18.2 Å². The number of hydrogen-bond donors (Lipinski definition) is 0. The van der Waals surface area contributed by atoms with Gasteiger partial charge in [-0.2, -0.15) is 0 Å². The van der Waals surface area contributed by atoms with Gasteiger partial charge < -0.3 is 4.57 Å². The Morgan fingerprint density at radius 3 is 2.70 bits per heavy atom. The second kappa shape index (κ2) is 5.07. The minimum atomic E-state index is -0.0484. The highest BCUT2D eigenvalue weighted by atomic mass is 35.5. The Bertz CT molecular complexity index is 621. The van der Waals surface area contributed by atoms with Crippen LogP contribution in [0.2, 0.25) is 0 Å². The standard InChI is InChI=1S/C17H23ClN2/c1-12-6-7-15-14(10-12)19-16(13(2)18)20(15)11-17(3)8-4-5-9-17/h6-7,10,13H,4-5,8-9,11H2,1-3H3. The monoisotopic (exact) mass is 290 g/mol. The molecule has 1 aromatic carbocycles. The van der Waals surface area contributed by atoms with E-state index in [0.29, 0.717) is 5.41 Å². The normalized spacial score (nSPS) is 19.6. The lowest BCUT2D eigenvalue weighted by Crippen LogP contribution is -2.21. The van der Waals surface area contributed by atoms with Gasteiger partial charge in [0.05, 0.1) is 16.4 Å². The highest BCUT2D eigenvalue weighted by Gasteiger charge is 2.31. The number of aryl methyl sites for hydroxylation is 1. The summed E-state index contributed by atoms with van der Waals surface area (Å²) in [5, 5.41) is -0.0484. The van der Waals surface area contributed by atoms with Crippen molar-refractivity contribution >= 4 is 22.6 Å². The van der Waals surface area contributed by atoms with Gasteiger partial charge in [0.1, 0.15) is 5.82 Å². The fourth-order valence-electron chi connectivity index (χ4n) is 3.50. The average molecular weight is 291 g/mol. The van der Waals surface area contributed by atoms with E-state index in [0.717, 1.165) is 17.9 Å². The first-order valence-electron chi connectivity index (χ1n) is 7.59. The molecule has 3 heteroatoms. The molecule has 0 bridgehead atoms. The van der Waals surface area contributed by atoms with Crippen LogP contribution >= 0.6 is 11.6 Å². The summed E-state index contributed by atoms with van der Waals surface area (Å²) in [6, 6.07) is 6.52. The molecule has 2 aromatic rings. The number of benzene rings is 1. The molecule has 0 spiro atoms. The zero-order valence-electron chi connectivity index (χ0n) is 12.6. The predicted octanol–water partition coefficient (Wildman–Crippen LogP) is 5.22. The first-order chi connectivity index (χ1) is 9.48. The van der Waals surface area contributed by atoms with E-state index in [1.165, 1.54) is 36.8 Å². The summed E-state index contributed by atoms with van der Waals surface area (Å²) in [5.74, 6) is 1.01. The third-order valence-electron chi connectivity index (χ3n) is 4.64. The van der Waals surface area contributed by atoms with E-state index in [2.05, 4.69) is 36.6 Å². The lowest BCUT2D eigenvalue weighted by molar-refractivity contribution is 0.281. The summed E-state index contributed by atoms with van der Waals surface area (Å²) in [6.07, 6.45) is 5.34. The first kappa shape index (κ1) is 13.9. The van der Waals surface area contributed by atoms with Crippen LogP contribution in [-0.4, -0.2) is 9.55 Å². The fourth-order valence-corrected chi connectivity index (χ4v) is 3.66. The van der Waals surface area contributed by atoms with Crippen LogP contribution in [0.4, 0.5) is 0 Å². The lowest BCUT2D eigenvalue weighted by atomic mass is 9.88. The van der Waals surface area contributed by atoms with Gasteiger partial charge in [0.25, 0.3) is 0 Å². The van der Waals surface area contributed by atoms with Crippen LogP contribution in [-0.2, 0) is 6.54 Å². The fraction of sp³-hybridized carbons (Fsp3) is 0.588. The van der Waals surface area contributed by atoms with E-state index >= 15 is 0 Å². The molecular formula is C17H23ClN2. The third-order valence-corrected chi connectivity index (χ3v) is 4.83. The Hall–Kier alpha value is -1.02. The summed E-state index contributed by atoms with van der Waals surface area (Å²) < 4.78 is 2.36. The molecule has 108 valence electrons. The highest BCUT2D eigenvalue weighted by molar-refractivity contribution is 6.20. The lowest BCUT2D eigenvalue weighted by Gasteiger charge is -2.26.